The van der Waals surface area contributed by atoms with Gasteiger partial charge in [0, 0.05) is 24.2 Å². The van der Waals surface area contributed by atoms with E-state index in [9.17, 15) is 0 Å². The quantitative estimate of drug-likeness (QED) is 0.921. The molecule has 0 aliphatic rings. The first kappa shape index (κ1) is 14.3. The summed E-state index contributed by atoms with van der Waals surface area (Å²) >= 11 is 0. The van der Waals surface area contributed by atoms with Crippen LogP contribution in [-0.4, -0.2) is 16.5 Å². The summed E-state index contributed by atoms with van der Waals surface area (Å²) in [7, 11) is 0. The minimum Gasteiger partial charge on any atom is -0.384 e. The van der Waals surface area contributed by atoms with Gasteiger partial charge in [-0.3, -0.25) is 0 Å². The van der Waals surface area contributed by atoms with Crippen molar-refractivity contribution < 1.29 is 0 Å². The van der Waals surface area contributed by atoms with Crippen LogP contribution in [0.1, 0.15) is 38.1 Å². The Morgan fingerprint density at radius 2 is 1.90 bits per heavy atom. The smallest absolute Gasteiger partial charge is 0.138 e. The molecule has 0 unspecified atom stereocenters. The lowest BCUT2D eigenvalue weighted by Crippen LogP contribution is -2.20. The van der Waals surface area contributed by atoms with Crippen LogP contribution in [0.3, 0.4) is 0 Å². The lowest BCUT2D eigenvalue weighted by atomic mass is 10.1. The lowest BCUT2D eigenvalue weighted by Gasteiger charge is -2.24. The summed E-state index contributed by atoms with van der Waals surface area (Å²) in [5, 5.41) is 0. The Bertz CT molecular complexity index is 593. The van der Waals surface area contributed by atoms with Crippen LogP contribution in [0.4, 0.5) is 17.3 Å². The fourth-order valence-corrected chi connectivity index (χ4v) is 2.19. The van der Waals surface area contributed by atoms with E-state index < -0.39 is 0 Å². The van der Waals surface area contributed by atoms with Crippen LogP contribution in [0.15, 0.2) is 30.3 Å². The molecule has 1 aromatic heterocycles. The summed E-state index contributed by atoms with van der Waals surface area (Å²) in [4.78, 5) is 11.1. The van der Waals surface area contributed by atoms with E-state index in [1.807, 2.05) is 18.2 Å². The molecule has 0 aliphatic heterocycles. The van der Waals surface area contributed by atoms with E-state index in [0.29, 0.717) is 5.82 Å². The van der Waals surface area contributed by atoms with Gasteiger partial charge in [0.25, 0.3) is 0 Å². The van der Waals surface area contributed by atoms with E-state index in [-0.39, 0.29) is 5.92 Å². The van der Waals surface area contributed by atoms with Crippen molar-refractivity contribution in [2.45, 2.75) is 33.6 Å². The standard InChI is InChI=1S/C16H22N4/c1-5-20(13-9-7-6-8-12(13)4)15-10-14(17)18-16(19-15)11(2)3/h6-11H,5H2,1-4H3,(H2,17,18,19). The van der Waals surface area contributed by atoms with Gasteiger partial charge >= 0.3 is 0 Å². The number of benzene rings is 1. The molecule has 0 amide bonds. The zero-order valence-electron chi connectivity index (χ0n) is 12.6. The van der Waals surface area contributed by atoms with Crippen molar-refractivity contribution in [3.8, 4) is 0 Å². The van der Waals surface area contributed by atoms with E-state index >= 15 is 0 Å². The average Bonchev–Trinajstić information content (AvgIpc) is 2.41. The van der Waals surface area contributed by atoms with Crippen molar-refractivity contribution in [2.75, 3.05) is 17.2 Å². The van der Waals surface area contributed by atoms with Gasteiger partial charge in [0.2, 0.25) is 0 Å². The first-order valence-corrected chi connectivity index (χ1v) is 7.00. The predicted octanol–water partition coefficient (Wildman–Crippen LogP) is 3.65. The molecule has 1 aromatic carbocycles. The van der Waals surface area contributed by atoms with Gasteiger partial charge in [0.1, 0.15) is 17.5 Å². The van der Waals surface area contributed by atoms with Crippen LogP contribution in [0.25, 0.3) is 0 Å². The molecular weight excluding hydrogens is 248 g/mol. The number of anilines is 3. The Hall–Kier alpha value is -2.10. The highest BCUT2D eigenvalue weighted by molar-refractivity contribution is 5.65. The third kappa shape index (κ3) is 2.90. The van der Waals surface area contributed by atoms with E-state index in [1.54, 1.807) is 0 Å². The molecule has 4 heteroatoms. The van der Waals surface area contributed by atoms with Crippen molar-refractivity contribution in [3.63, 3.8) is 0 Å². The topological polar surface area (TPSA) is 55.0 Å². The molecule has 2 aromatic rings. The van der Waals surface area contributed by atoms with Gasteiger partial charge in [-0.25, -0.2) is 9.97 Å². The number of hydrogen-bond acceptors (Lipinski definition) is 4. The SMILES string of the molecule is CCN(c1cc(N)nc(C(C)C)n1)c1ccccc1C. The Morgan fingerprint density at radius 1 is 1.20 bits per heavy atom. The van der Waals surface area contributed by atoms with Crippen molar-refractivity contribution in [1.29, 1.82) is 0 Å². The molecule has 0 atom stereocenters. The van der Waals surface area contributed by atoms with Crippen LogP contribution in [-0.2, 0) is 0 Å². The van der Waals surface area contributed by atoms with Gasteiger partial charge < -0.3 is 10.6 Å². The second-order valence-corrected chi connectivity index (χ2v) is 5.19. The third-order valence-electron chi connectivity index (χ3n) is 3.27. The van der Waals surface area contributed by atoms with E-state index in [0.717, 1.165) is 23.9 Å². The maximum absolute atomic E-state index is 5.93. The summed E-state index contributed by atoms with van der Waals surface area (Å²) < 4.78 is 0. The van der Waals surface area contributed by atoms with Gasteiger partial charge in [0.05, 0.1) is 0 Å². The summed E-state index contributed by atoms with van der Waals surface area (Å²) in [5.74, 6) is 2.42. The normalized spacial score (nSPS) is 10.8. The number of nitrogens with two attached hydrogens (primary N) is 1. The van der Waals surface area contributed by atoms with E-state index in [4.69, 9.17) is 5.73 Å². The third-order valence-corrected chi connectivity index (χ3v) is 3.27. The minimum absolute atomic E-state index is 0.257. The summed E-state index contributed by atoms with van der Waals surface area (Å²) in [6, 6.07) is 10.1. The minimum atomic E-state index is 0.257. The largest absolute Gasteiger partial charge is 0.384 e. The van der Waals surface area contributed by atoms with Crippen LogP contribution in [0.5, 0.6) is 0 Å². The average molecular weight is 270 g/mol. The van der Waals surface area contributed by atoms with Crippen LogP contribution in [0.2, 0.25) is 0 Å². The van der Waals surface area contributed by atoms with Crippen LogP contribution >= 0.6 is 0 Å². The van der Waals surface area contributed by atoms with Crippen molar-refractivity contribution in [2.24, 2.45) is 0 Å². The second-order valence-electron chi connectivity index (χ2n) is 5.19. The number of rotatable bonds is 4. The van der Waals surface area contributed by atoms with Gasteiger partial charge in [-0.2, -0.15) is 0 Å². The van der Waals surface area contributed by atoms with Crippen molar-refractivity contribution >= 4 is 17.3 Å². The molecule has 0 aliphatic carbocycles. The highest BCUT2D eigenvalue weighted by Crippen LogP contribution is 2.28. The molecule has 0 spiro atoms. The molecule has 0 fully saturated rings. The number of hydrogen-bond donors (Lipinski definition) is 1. The van der Waals surface area contributed by atoms with E-state index in [2.05, 4.69) is 54.7 Å². The zero-order chi connectivity index (χ0) is 14.7. The number of para-hydroxylation sites is 1. The first-order chi connectivity index (χ1) is 9.52. The lowest BCUT2D eigenvalue weighted by molar-refractivity contribution is 0.771. The Morgan fingerprint density at radius 3 is 2.50 bits per heavy atom. The van der Waals surface area contributed by atoms with Crippen LogP contribution in [0, 0.1) is 6.92 Å². The second kappa shape index (κ2) is 5.90. The molecular formula is C16H22N4. The highest BCUT2D eigenvalue weighted by Gasteiger charge is 2.14. The number of nitrogens with zero attached hydrogens (tertiary/aromatic N) is 3. The first-order valence-electron chi connectivity index (χ1n) is 7.00. The molecule has 20 heavy (non-hydrogen) atoms. The molecule has 2 N–H and O–H groups in total. The fourth-order valence-electron chi connectivity index (χ4n) is 2.19. The Balaban J connectivity index is 2.50. The van der Waals surface area contributed by atoms with Gasteiger partial charge in [-0.1, -0.05) is 32.0 Å². The highest BCUT2D eigenvalue weighted by atomic mass is 15.2. The summed E-state index contributed by atoms with van der Waals surface area (Å²) in [6.07, 6.45) is 0. The molecule has 0 radical (unpaired) electrons. The van der Waals surface area contributed by atoms with Gasteiger partial charge in [-0.05, 0) is 25.5 Å². The monoisotopic (exact) mass is 270 g/mol. The maximum atomic E-state index is 5.93. The van der Waals surface area contributed by atoms with Gasteiger partial charge in [-0.15, -0.1) is 0 Å². The van der Waals surface area contributed by atoms with Crippen LogP contribution < -0.4 is 10.6 Å². The fraction of sp³-hybridized carbons (Fsp3) is 0.375. The molecule has 4 nitrogen and oxygen atoms in total. The molecule has 1 heterocycles. The molecule has 106 valence electrons. The summed E-state index contributed by atoms with van der Waals surface area (Å²) in [5.41, 5.74) is 8.30. The maximum Gasteiger partial charge on any atom is 0.138 e. The number of nitrogen functional groups attached to an aromatic ring is 1. The number of aryl methyl sites for hydroxylation is 1. The summed E-state index contributed by atoms with van der Waals surface area (Å²) in [6.45, 7) is 9.19. The molecule has 2 rings (SSSR count). The van der Waals surface area contributed by atoms with Crippen molar-refractivity contribution in [1.82, 2.24) is 9.97 Å². The predicted molar refractivity (Wildman–Crippen MR) is 84.4 cm³/mol. The van der Waals surface area contributed by atoms with Gasteiger partial charge in [0.15, 0.2) is 0 Å². The Kier molecular flexibility index (Phi) is 4.23. The zero-order valence-corrected chi connectivity index (χ0v) is 12.6. The molecule has 0 bridgehead atoms. The van der Waals surface area contributed by atoms with Crippen molar-refractivity contribution in [3.05, 3.63) is 41.7 Å². The Labute approximate surface area is 120 Å². The molecule has 0 saturated heterocycles. The van der Waals surface area contributed by atoms with E-state index in [1.165, 1.54) is 5.56 Å². The number of aromatic nitrogens is 2. The molecule has 0 saturated carbocycles.